The summed E-state index contributed by atoms with van der Waals surface area (Å²) < 4.78 is 11.0. The molecule has 4 nitrogen and oxygen atoms in total. The van der Waals surface area contributed by atoms with E-state index in [0.29, 0.717) is 6.61 Å². The fourth-order valence-electron chi connectivity index (χ4n) is 4.10. The molecular formula is C41H64O4. The molecule has 0 aromatic rings. The van der Waals surface area contributed by atoms with Gasteiger partial charge in [0.25, 0.3) is 0 Å². The SMILES string of the molecule is CC/C=C\C/C=C\C/C=C\C/C=C\C/C=C\CC(=O)OC(CO)COCCCCCCC/C=C\C/C=C\C/C=C\C/C=C\CC. The molecule has 0 rings (SSSR count). The highest BCUT2D eigenvalue weighted by Crippen LogP contribution is 2.07. The van der Waals surface area contributed by atoms with Crippen molar-refractivity contribution >= 4 is 5.97 Å². The smallest absolute Gasteiger partial charge is 0.310 e. The van der Waals surface area contributed by atoms with Crippen molar-refractivity contribution in [1.82, 2.24) is 0 Å². The Bertz CT molecular complexity index is 914. The Morgan fingerprint density at radius 3 is 1.40 bits per heavy atom. The predicted octanol–water partition coefficient (Wildman–Crippen LogP) is 11.2. The van der Waals surface area contributed by atoms with Crippen molar-refractivity contribution in [2.24, 2.45) is 0 Å². The van der Waals surface area contributed by atoms with Crippen LogP contribution in [-0.2, 0) is 14.3 Å². The zero-order valence-electron chi connectivity index (χ0n) is 28.6. The Kier molecular flexibility index (Phi) is 34.8. The highest BCUT2D eigenvalue weighted by Gasteiger charge is 2.12. The Morgan fingerprint density at radius 2 is 0.933 bits per heavy atom. The molecule has 1 N–H and O–H groups in total. The zero-order valence-corrected chi connectivity index (χ0v) is 28.6. The molecular weight excluding hydrogens is 556 g/mol. The molecule has 0 bridgehead atoms. The summed E-state index contributed by atoms with van der Waals surface area (Å²) in [6.07, 6.45) is 54.3. The van der Waals surface area contributed by atoms with E-state index in [1.54, 1.807) is 0 Å². The van der Waals surface area contributed by atoms with Gasteiger partial charge in [0, 0.05) is 6.61 Å². The summed E-state index contributed by atoms with van der Waals surface area (Å²) in [5, 5.41) is 9.53. The summed E-state index contributed by atoms with van der Waals surface area (Å²) in [7, 11) is 0. The number of aliphatic hydroxyl groups excluding tert-OH is 1. The van der Waals surface area contributed by atoms with Crippen molar-refractivity contribution in [2.45, 2.75) is 123 Å². The van der Waals surface area contributed by atoms with Crippen molar-refractivity contribution in [3.63, 3.8) is 0 Å². The van der Waals surface area contributed by atoms with E-state index in [1.807, 2.05) is 12.2 Å². The standard InChI is InChI=1S/C41H64O4/c1-3-5-7-9-11-13-15-17-19-20-21-23-25-27-29-31-33-35-37-44-39-40(38-42)45-41(43)36-34-32-30-28-26-24-22-18-16-14-12-10-8-6-4-2/h5-8,11-14,17-19,21-23,26,28,32,34,40,42H,3-4,9-10,15-16,20,24-25,27,29-31,33,35-39H2,1-2H3/b7-5-,8-6-,13-11-,14-12-,19-17-,22-18-,23-21-,28-26-,34-32-. The number of hydrogen-bond acceptors (Lipinski definition) is 4. The first-order valence-corrected chi connectivity index (χ1v) is 17.5. The molecule has 0 heterocycles. The summed E-state index contributed by atoms with van der Waals surface area (Å²) in [5.41, 5.74) is 0. The third-order valence-corrected chi connectivity index (χ3v) is 6.63. The Labute approximate surface area is 276 Å². The number of aliphatic hydroxyl groups is 1. The van der Waals surface area contributed by atoms with E-state index in [0.717, 1.165) is 77.0 Å². The molecule has 0 fully saturated rings. The predicted molar refractivity (Wildman–Crippen MR) is 195 cm³/mol. The second-order valence-electron chi connectivity index (χ2n) is 10.8. The van der Waals surface area contributed by atoms with Crippen LogP contribution in [0.15, 0.2) is 109 Å². The number of hydrogen-bond donors (Lipinski definition) is 1. The Hall–Kier alpha value is -2.95. The van der Waals surface area contributed by atoms with Gasteiger partial charge in [0.1, 0.15) is 6.10 Å². The molecule has 0 radical (unpaired) electrons. The lowest BCUT2D eigenvalue weighted by atomic mass is 10.1. The number of esters is 1. The second kappa shape index (κ2) is 37.2. The fraction of sp³-hybridized carbons (Fsp3) is 0.537. The van der Waals surface area contributed by atoms with E-state index in [1.165, 1.54) is 19.3 Å². The summed E-state index contributed by atoms with van der Waals surface area (Å²) in [5.74, 6) is -0.340. The van der Waals surface area contributed by atoms with Crippen LogP contribution in [0.4, 0.5) is 0 Å². The van der Waals surface area contributed by atoms with Gasteiger partial charge in [-0.3, -0.25) is 4.79 Å². The molecule has 252 valence electrons. The van der Waals surface area contributed by atoms with Gasteiger partial charge in [0.05, 0.1) is 19.6 Å². The topological polar surface area (TPSA) is 55.8 Å². The lowest BCUT2D eigenvalue weighted by Gasteiger charge is -2.15. The number of carbonyl (C=O) groups excluding carboxylic acids is 1. The first-order valence-electron chi connectivity index (χ1n) is 17.5. The molecule has 0 aliphatic heterocycles. The van der Waals surface area contributed by atoms with Crippen molar-refractivity contribution in [1.29, 1.82) is 0 Å². The van der Waals surface area contributed by atoms with Crippen LogP contribution in [0.2, 0.25) is 0 Å². The van der Waals surface area contributed by atoms with E-state index in [4.69, 9.17) is 9.47 Å². The highest BCUT2D eigenvalue weighted by molar-refractivity contribution is 5.71. The molecule has 0 aliphatic rings. The first kappa shape index (κ1) is 42.0. The van der Waals surface area contributed by atoms with E-state index >= 15 is 0 Å². The number of unbranched alkanes of at least 4 members (excludes halogenated alkanes) is 5. The minimum Gasteiger partial charge on any atom is -0.457 e. The minimum atomic E-state index is -0.605. The quantitative estimate of drug-likeness (QED) is 0.0493. The molecule has 0 spiro atoms. The van der Waals surface area contributed by atoms with Crippen molar-refractivity contribution in [3.05, 3.63) is 109 Å². The van der Waals surface area contributed by atoms with Gasteiger partial charge in [0.2, 0.25) is 0 Å². The highest BCUT2D eigenvalue weighted by atomic mass is 16.6. The average Bonchev–Trinajstić information content (AvgIpc) is 3.05. The van der Waals surface area contributed by atoms with E-state index in [9.17, 15) is 9.90 Å². The van der Waals surface area contributed by atoms with Crippen LogP contribution in [0.25, 0.3) is 0 Å². The first-order chi connectivity index (χ1) is 22.2. The van der Waals surface area contributed by atoms with Crippen molar-refractivity contribution < 1.29 is 19.4 Å². The second-order valence-corrected chi connectivity index (χ2v) is 10.8. The largest absolute Gasteiger partial charge is 0.457 e. The minimum absolute atomic E-state index is 0.199. The van der Waals surface area contributed by atoms with Crippen LogP contribution in [0, 0.1) is 0 Å². The van der Waals surface area contributed by atoms with Gasteiger partial charge in [-0.25, -0.2) is 0 Å². The lowest BCUT2D eigenvalue weighted by Crippen LogP contribution is -2.27. The molecule has 1 atom stereocenters. The molecule has 0 aromatic heterocycles. The number of ether oxygens (including phenoxy) is 2. The molecule has 4 heteroatoms. The summed E-state index contributed by atoms with van der Waals surface area (Å²) >= 11 is 0. The van der Waals surface area contributed by atoms with Crippen LogP contribution < -0.4 is 0 Å². The van der Waals surface area contributed by atoms with Crippen molar-refractivity contribution in [3.8, 4) is 0 Å². The van der Waals surface area contributed by atoms with Gasteiger partial charge in [-0.1, -0.05) is 142 Å². The molecule has 45 heavy (non-hydrogen) atoms. The maximum absolute atomic E-state index is 12.1. The maximum atomic E-state index is 12.1. The molecule has 1 unspecified atom stereocenters. The average molecular weight is 621 g/mol. The summed E-state index contributed by atoms with van der Waals surface area (Å²) in [6, 6.07) is 0. The fourth-order valence-corrected chi connectivity index (χ4v) is 4.10. The molecule has 0 aromatic carbocycles. The van der Waals surface area contributed by atoms with Crippen LogP contribution >= 0.6 is 0 Å². The van der Waals surface area contributed by atoms with Crippen molar-refractivity contribution in [2.75, 3.05) is 19.8 Å². The monoisotopic (exact) mass is 620 g/mol. The van der Waals surface area contributed by atoms with E-state index < -0.39 is 6.10 Å². The Morgan fingerprint density at radius 1 is 0.533 bits per heavy atom. The normalized spacial score (nSPS) is 13.8. The van der Waals surface area contributed by atoms with Crippen LogP contribution in [0.5, 0.6) is 0 Å². The maximum Gasteiger partial charge on any atom is 0.310 e. The van der Waals surface area contributed by atoms with Crippen LogP contribution in [-0.4, -0.2) is 37.0 Å². The molecule has 0 saturated heterocycles. The van der Waals surface area contributed by atoms with Gasteiger partial charge >= 0.3 is 5.97 Å². The third kappa shape index (κ3) is 35.4. The number of allylic oxidation sites excluding steroid dienone is 17. The molecule has 0 saturated carbocycles. The van der Waals surface area contributed by atoms with Gasteiger partial charge in [-0.05, 0) is 77.0 Å². The Balaban J connectivity index is 3.68. The summed E-state index contributed by atoms with van der Waals surface area (Å²) in [4.78, 5) is 12.1. The van der Waals surface area contributed by atoms with E-state index in [2.05, 4.69) is 111 Å². The van der Waals surface area contributed by atoms with Gasteiger partial charge < -0.3 is 14.6 Å². The van der Waals surface area contributed by atoms with Gasteiger partial charge in [-0.2, -0.15) is 0 Å². The van der Waals surface area contributed by atoms with Crippen LogP contribution in [0.1, 0.15) is 117 Å². The third-order valence-electron chi connectivity index (χ3n) is 6.63. The number of rotatable bonds is 30. The zero-order chi connectivity index (χ0) is 32.7. The molecule has 0 amide bonds. The summed E-state index contributed by atoms with van der Waals surface area (Å²) in [6.45, 7) is 4.93. The van der Waals surface area contributed by atoms with Gasteiger partial charge in [0.15, 0.2) is 0 Å². The van der Waals surface area contributed by atoms with E-state index in [-0.39, 0.29) is 25.6 Å². The number of carbonyl (C=O) groups is 1. The molecule has 0 aliphatic carbocycles. The van der Waals surface area contributed by atoms with Crippen LogP contribution in [0.3, 0.4) is 0 Å². The lowest BCUT2D eigenvalue weighted by molar-refractivity contribution is -0.153. The van der Waals surface area contributed by atoms with Gasteiger partial charge in [-0.15, -0.1) is 0 Å².